The van der Waals surface area contributed by atoms with Crippen molar-refractivity contribution in [2.45, 2.75) is 6.04 Å². The zero-order valence-electron chi connectivity index (χ0n) is 17.0. The van der Waals surface area contributed by atoms with E-state index in [0.29, 0.717) is 28.4 Å². The molecule has 0 radical (unpaired) electrons. The molecule has 0 aliphatic rings. The number of hydrogen-bond acceptors (Lipinski definition) is 7. The number of halogens is 1. The Morgan fingerprint density at radius 3 is 2.42 bits per heavy atom. The molecule has 0 spiro atoms. The molecule has 7 nitrogen and oxygen atoms in total. The summed E-state index contributed by atoms with van der Waals surface area (Å²) in [5, 5.41) is 14.0. The molecule has 2 heterocycles. The first-order valence-corrected chi connectivity index (χ1v) is 9.59. The van der Waals surface area contributed by atoms with Crippen LogP contribution in [0, 0.1) is 5.82 Å². The molecule has 0 aliphatic carbocycles. The predicted molar refractivity (Wildman–Crippen MR) is 116 cm³/mol. The molecule has 0 fully saturated rings. The van der Waals surface area contributed by atoms with Crippen LogP contribution in [0.5, 0.6) is 11.6 Å². The maximum atomic E-state index is 13.4. The molecule has 2 aromatic heterocycles. The minimum atomic E-state index is -0.447. The van der Waals surface area contributed by atoms with Gasteiger partial charge >= 0.3 is 0 Å². The summed E-state index contributed by atoms with van der Waals surface area (Å²) in [6, 6.07) is 13.1. The monoisotopic (exact) mass is 420 g/mol. The molecule has 31 heavy (non-hydrogen) atoms. The number of pyridine rings is 1. The number of aromatic nitrogens is 3. The SMILES string of the molecule is COc1ccc([C@@H](CO)Nc2ncnc3c(OC)cc(-c4ccc(F)cc4)cc23)cn1. The fourth-order valence-electron chi connectivity index (χ4n) is 3.33. The second-order valence-electron chi connectivity index (χ2n) is 6.82. The van der Waals surface area contributed by atoms with Crippen LogP contribution in [-0.4, -0.2) is 40.9 Å². The van der Waals surface area contributed by atoms with Crippen LogP contribution in [0.2, 0.25) is 0 Å². The molecule has 2 aromatic carbocycles. The summed E-state index contributed by atoms with van der Waals surface area (Å²) >= 11 is 0. The molecule has 4 rings (SSSR count). The molecule has 4 aromatic rings. The number of nitrogens with zero attached hydrogens (tertiary/aromatic N) is 3. The Hall–Kier alpha value is -3.78. The number of benzene rings is 2. The smallest absolute Gasteiger partial charge is 0.212 e. The van der Waals surface area contributed by atoms with Gasteiger partial charge in [-0.15, -0.1) is 0 Å². The third-order valence-corrected chi connectivity index (χ3v) is 4.97. The average Bonchev–Trinajstić information content (AvgIpc) is 2.82. The van der Waals surface area contributed by atoms with E-state index in [-0.39, 0.29) is 12.4 Å². The normalized spacial score (nSPS) is 11.9. The van der Waals surface area contributed by atoms with Gasteiger partial charge in [0, 0.05) is 17.6 Å². The van der Waals surface area contributed by atoms with Crippen LogP contribution in [0.1, 0.15) is 11.6 Å². The average molecular weight is 420 g/mol. The van der Waals surface area contributed by atoms with Crippen molar-refractivity contribution in [2.75, 3.05) is 26.1 Å². The fourth-order valence-corrected chi connectivity index (χ4v) is 3.33. The van der Waals surface area contributed by atoms with E-state index in [9.17, 15) is 9.50 Å². The standard InChI is InChI=1S/C23H21FN4O3/c1-30-20-10-16(14-3-6-17(24)7-4-14)9-18-22(20)26-13-27-23(18)28-19(12-29)15-5-8-21(31-2)25-11-15/h3-11,13,19,29H,12H2,1-2H3,(H,26,27,28)/t19-/m1/s1. The van der Waals surface area contributed by atoms with E-state index >= 15 is 0 Å². The highest BCUT2D eigenvalue weighted by Crippen LogP contribution is 2.35. The minimum Gasteiger partial charge on any atom is -0.494 e. The fraction of sp³-hybridized carbons (Fsp3) is 0.174. The molecule has 8 heteroatoms. The van der Waals surface area contributed by atoms with Gasteiger partial charge in [-0.2, -0.15) is 0 Å². The molecule has 0 saturated heterocycles. The van der Waals surface area contributed by atoms with E-state index in [2.05, 4.69) is 20.3 Å². The highest BCUT2D eigenvalue weighted by molar-refractivity contribution is 5.96. The molecular weight excluding hydrogens is 399 g/mol. The lowest BCUT2D eigenvalue weighted by atomic mass is 10.0. The van der Waals surface area contributed by atoms with E-state index in [0.717, 1.165) is 16.7 Å². The Labute approximate surface area is 178 Å². The summed E-state index contributed by atoms with van der Waals surface area (Å²) in [5.41, 5.74) is 3.05. The third-order valence-electron chi connectivity index (χ3n) is 4.97. The lowest BCUT2D eigenvalue weighted by molar-refractivity contribution is 0.276. The minimum absolute atomic E-state index is 0.172. The van der Waals surface area contributed by atoms with Gasteiger partial charge in [0.2, 0.25) is 5.88 Å². The van der Waals surface area contributed by atoms with Gasteiger partial charge in [0.05, 0.1) is 26.9 Å². The van der Waals surface area contributed by atoms with Crippen LogP contribution in [-0.2, 0) is 0 Å². The number of anilines is 1. The maximum absolute atomic E-state index is 13.4. The topological polar surface area (TPSA) is 89.4 Å². The van der Waals surface area contributed by atoms with Gasteiger partial charge in [-0.3, -0.25) is 0 Å². The van der Waals surface area contributed by atoms with Crippen molar-refractivity contribution < 1.29 is 19.0 Å². The van der Waals surface area contributed by atoms with E-state index in [1.807, 2.05) is 18.2 Å². The second kappa shape index (κ2) is 8.93. The van der Waals surface area contributed by atoms with E-state index in [4.69, 9.17) is 9.47 Å². The van der Waals surface area contributed by atoms with Gasteiger partial charge in [0.25, 0.3) is 0 Å². The first-order chi connectivity index (χ1) is 15.1. The van der Waals surface area contributed by atoms with Crippen molar-refractivity contribution in [1.82, 2.24) is 15.0 Å². The van der Waals surface area contributed by atoms with E-state index < -0.39 is 6.04 Å². The quantitative estimate of drug-likeness (QED) is 0.467. The molecule has 0 unspecified atom stereocenters. The molecule has 0 bridgehead atoms. The number of aliphatic hydroxyl groups excluding tert-OH is 1. The van der Waals surface area contributed by atoms with Crippen LogP contribution in [0.4, 0.5) is 10.2 Å². The summed E-state index contributed by atoms with van der Waals surface area (Å²) < 4.78 is 24.0. The van der Waals surface area contributed by atoms with E-state index in [1.54, 1.807) is 38.6 Å². The highest BCUT2D eigenvalue weighted by atomic mass is 19.1. The van der Waals surface area contributed by atoms with Crippen molar-refractivity contribution in [3.05, 3.63) is 72.4 Å². The number of hydrogen-bond donors (Lipinski definition) is 2. The van der Waals surface area contributed by atoms with Crippen LogP contribution in [0.25, 0.3) is 22.0 Å². The van der Waals surface area contributed by atoms with Crippen molar-refractivity contribution in [1.29, 1.82) is 0 Å². The van der Waals surface area contributed by atoms with Crippen LogP contribution in [0.15, 0.2) is 61.1 Å². The number of rotatable bonds is 7. The van der Waals surface area contributed by atoms with Gasteiger partial charge in [-0.1, -0.05) is 12.1 Å². The van der Waals surface area contributed by atoms with Crippen molar-refractivity contribution in [2.24, 2.45) is 0 Å². The van der Waals surface area contributed by atoms with E-state index in [1.165, 1.54) is 18.5 Å². The number of methoxy groups -OCH3 is 2. The van der Waals surface area contributed by atoms with Gasteiger partial charge in [0.15, 0.2) is 0 Å². The van der Waals surface area contributed by atoms with Crippen molar-refractivity contribution in [3.8, 4) is 22.8 Å². The van der Waals surface area contributed by atoms with Gasteiger partial charge < -0.3 is 19.9 Å². The molecule has 0 aliphatic heterocycles. The molecule has 1 atom stereocenters. The molecule has 0 amide bonds. The number of fused-ring (bicyclic) bond motifs is 1. The Morgan fingerprint density at radius 2 is 1.77 bits per heavy atom. The Kier molecular flexibility index (Phi) is 5.90. The summed E-state index contributed by atoms with van der Waals surface area (Å²) in [5.74, 6) is 1.28. The highest BCUT2D eigenvalue weighted by Gasteiger charge is 2.17. The predicted octanol–water partition coefficient (Wildman–Crippen LogP) is 3.99. The molecule has 2 N–H and O–H groups in total. The number of ether oxygens (including phenoxy) is 2. The zero-order valence-corrected chi connectivity index (χ0v) is 17.0. The summed E-state index contributed by atoms with van der Waals surface area (Å²) in [6.07, 6.45) is 3.08. The van der Waals surface area contributed by atoms with Gasteiger partial charge in [0.1, 0.15) is 29.2 Å². The zero-order chi connectivity index (χ0) is 21.8. The van der Waals surface area contributed by atoms with Crippen LogP contribution in [0.3, 0.4) is 0 Å². The maximum Gasteiger partial charge on any atom is 0.212 e. The second-order valence-corrected chi connectivity index (χ2v) is 6.82. The Morgan fingerprint density at radius 1 is 0.968 bits per heavy atom. The van der Waals surface area contributed by atoms with Crippen LogP contribution >= 0.6 is 0 Å². The third kappa shape index (κ3) is 4.24. The number of aliphatic hydroxyl groups is 1. The molecular formula is C23H21FN4O3. The Bertz CT molecular complexity index is 1180. The lowest BCUT2D eigenvalue weighted by Crippen LogP contribution is -2.16. The Balaban J connectivity index is 1.77. The number of nitrogens with one attached hydrogen (secondary N) is 1. The van der Waals surface area contributed by atoms with Crippen molar-refractivity contribution >= 4 is 16.7 Å². The summed E-state index contributed by atoms with van der Waals surface area (Å²) in [6.45, 7) is -0.172. The first-order valence-electron chi connectivity index (χ1n) is 9.59. The van der Waals surface area contributed by atoms with Crippen molar-refractivity contribution in [3.63, 3.8) is 0 Å². The molecule has 0 saturated carbocycles. The first kappa shape index (κ1) is 20.5. The largest absolute Gasteiger partial charge is 0.494 e. The lowest BCUT2D eigenvalue weighted by Gasteiger charge is -2.19. The van der Waals surface area contributed by atoms with Crippen LogP contribution < -0.4 is 14.8 Å². The molecule has 158 valence electrons. The van der Waals surface area contributed by atoms with Gasteiger partial charge in [-0.25, -0.2) is 19.3 Å². The summed E-state index contributed by atoms with van der Waals surface area (Å²) in [4.78, 5) is 12.9. The summed E-state index contributed by atoms with van der Waals surface area (Å²) in [7, 11) is 3.11. The van der Waals surface area contributed by atoms with Gasteiger partial charge in [-0.05, 0) is 47.0 Å².